The van der Waals surface area contributed by atoms with Crippen LogP contribution >= 0.6 is 0 Å². The Labute approximate surface area is 289 Å². The first kappa shape index (κ1) is 39.2. The van der Waals surface area contributed by atoms with Crippen LogP contribution in [0.15, 0.2) is 60.7 Å². The number of carboxylic acids is 1. The molecule has 2 aromatic carbocycles. The summed E-state index contributed by atoms with van der Waals surface area (Å²) in [6.07, 6.45) is 3.73. The largest absolute Gasteiger partial charge is 0.481 e. The number of carboxylic acid groups (broad SMARTS) is 1. The number of piperidine rings is 1. The molecule has 0 aliphatic carbocycles. The molecule has 12 heteroatoms. The van der Waals surface area contributed by atoms with Gasteiger partial charge in [-0.1, -0.05) is 74.5 Å². The highest BCUT2D eigenvalue weighted by molar-refractivity contribution is 5.95. The highest BCUT2D eigenvalue weighted by atomic mass is 16.4. The molecule has 1 aliphatic heterocycles. The number of carbonyl (C=O) groups is 5. The lowest BCUT2D eigenvalue weighted by molar-refractivity contribution is -0.140. The summed E-state index contributed by atoms with van der Waals surface area (Å²) >= 11 is 0. The third kappa shape index (κ3) is 13.6. The van der Waals surface area contributed by atoms with Gasteiger partial charge in [0.15, 0.2) is 0 Å². The Bertz CT molecular complexity index is 1350. The lowest BCUT2D eigenvalue weighted by Gasteiger charge is -2.35. The summed E-state index contributed by atoms with van der Waals surface area (Å²) in [4.78, 5) is 67.2. The molecule has 2 aromatic rings. The van der Waals surface area contributed by atoms with Crippen molar-refractivity contribution < 1.29 is 29.1 Å². The van der Waals surface area contributed by atoms with Crippen LogP contribution in [0.3, 0.4) is 0 Å². The number of nitrogens with two attached hydrogens (primary N) is 2. The minimum atomic E-state index is -1.00. The maximum Gasteiger partial charge on any atom is 0.303 e. The fraction of sp³-hybridized carbons (Fsp3) is 0.541. The molecule has 8 N–H and O–H groups in total. The van der Waals surface area contributed by atoms with Crippen molar-refractivity contribution in [2.75, 3.05) is 19.6 Å². The summed E-state index contributed by atoms with van der Waals surface area (Å²) < 4.78 is 0. The van der Waals surface area contributed by atoms with Crippen molar-refractivity contribution in [2.45, 2.75) is 95.8 Å². The number of carbonyl (C=O) groups excluding carboxylic acids is 4. The first-order chi connectivity index (χ1) is 23.5. The fourth-order valence-electron chi connectivity index (χ4n) is 6.12. The van der Waals surface area contributed by atoms with Crippen LogP contribution in [0.5, 0.6) is 0 Å². The molecule has 12 nitrogen and oxygen atoms in total. The van der Waals surface area contributed by atoms with Crippen LogP contribution in [0.4, 0.5) is 0 Å². The summed E-state index contributed by atoms with van der Waals surface area (Å²) in [6, 6.07) is 15.0. The van der Waals surface area contributed by atoms with E-state index in [9.17, 15) is 24.0 Å². The number of nitrogens with one attached hydrogen (secondary N) is 3. The molecule has 4 amide bonds. The second kappa shape index (κ2) is 20.3. The van der Waals surface area contributed by atoms with Crippen molar-refractivity contribution in [1.29, 1.82) is 0 Å². The van der Waals surface area contributed by atoms with Gasteiger partial charge in [0.2, 0.25) is 23.6 Å². The Morgan fingerprint density at radius 1 is 0.796 bits per heavy atom. The Hall–Kier alpha value is -4.29. The first-order valence-corrected chi connectivity index (χ1v) is 17.4. The van der Waals surface area contributed by atoms with Crippen LogP contribution in [0.2, 0.25) is 0 Å². The summed E-state index contributed by atoms with van der Waals surface area (Å²) in [5.41, 5.74) is 13.7. The second-order valence-electron chi connectivity index (χ2n) is 13.4. The van der Waals surface area contributed by atoms with Gasteiger partial charge in [-0.25, -0.2) is 0 Å². The third-order valence-electron chi connectivity index (χ3n) is 8.90. The molecule has 0 saturated carbocycles. The number of hydrogen-bond donors (Lipinski definition) is 6. The molecule has 0 radical (unpaired) electrons. The van der Waals surface area contributed by atoms with Crippen molar-refractivity contribution in [3.8, 4) is 0 Å². The molecule has 49 heavy (non-hydrogen) atoms. The minimum Gasteiger partial charge on any atom is -0.481 e. The van der Waals surface area contributed by atoms with Gasteiger partial charge in [0, 0.05) is 25.9 Å². The zero-order valence-electron chi connectivity index (χ0n) is 28.8. The van der Waals surface area contributed by atoms with Gasteiger partial charge in [-0.2, -0.15) is 0 Å². The fourth-order valence-corrected chi connectivity index (χ4v) is 6.12. The van der Waals surface area contributed by atoms with Crippen LogP contribution in [0.25, 0.3) is 0 Å². The van der Waals surface area contributed by atoms with Crippen LogP contribution in [0.1, 0.15) is 69.9 Å². The second-order valence-corrected chi connectivity index (χ2v) is 13.4. The van der Waals surface area contributed by atoms with Crippen molar-refractivity contribution in [2.24, 2.45) is 23.3 Å². The van der Waals surface area contributed by atoms with E-state index in [0.29, 0.717) is 64.6 Å². The van der Waals surface area contributed by atoms with E-state index < -0.39 is 47.9 Å². The van der Waals surface area contributed by atoms with Gasteiger partial charge in [0.25, 0.3) is 0 Å². The Morgan fingerprint density at radius 3 is 1.88 bits per heavy atom. The van der Waals surface area contributed by atoms with Crippen LogP contribution in [-0.4, -0.2) is 83.4 Å². The van der Waals surface area contributed by atoms with E-state index in [1.165, 1.54) is 0 Å². The molecule has 0 spiro atoms. The van der Waals surface area contributed by atoms with Gasteiger partial charge in [0.1, 0.15) is 18.1 Å². The number of benzene rings is 2. The SMILES string of the molecule is CC(C)C[C@@H](NC(=O)[C@@H](Cc1ccccc1)NC(=O)[C@H](N)Cc1ccccc1)C(=O)N[C@H](CCCN)C(=O)N1CCC(CCC(=O)O)CC1. The Morgan fingerprint density at radius 2 is 1.33 bits per heavy atom. The highest BCUT2D eigenvalue weighted by Crippen LogP contribution is 2.23. The van der Waals surface area contributed by atoms with E-state index in [2.05, 4.69) is 16.0 Å². The number of likely N-dealkylation sites (tertiary alicyclic amines) is 1. The number of rotatable bonds is 19. The van der Waals surface area contributed by atoms with Crippen LogP contribution in [-0.2, 0) is 36.8 Å². The predicted molar refractivity (Wildman–Crippen MR) is 188 cm³/mol. The van der Waals surface area contributed by atoms with Gasteiger partial charge in [-0.15, -0.1) is 0 Å². The van der Waals surface area contributed by atoms with Gasteiger partial charge in [0.05, 0.1) is 6.04 Å². The van der Waals surface area contributed by atoms with Crippen molar-refractivity contribution in [1.82, 2.24) is 20.9 Å². The average molecular weight is 679 g/mol. The van der Waals surface area contributed by atoms with Crippen molar-refractivity contribution in [3.63, 3.8) is 0 Å². The first-order valence-electron chi connectivity index (χ1n) is 17.4. The molecule has 268 valence electrons. The van der Waals surface area contributed by atoms with E-state index in [4.69, 9.17) is 16.6 Å². The molecule has 1 fully saturated rings. The average Bonchev–Trinajstić information content (AvgIpc) is 3.09. The van der Waals surface area contributed by atoms with Gasteiger partial charge in [-0.3, -0.25) is 24.0 Å². The predicted octanol–water partition coefficient (Wildman–Crippen LogP) is 2.14. The van der Waals surface area contributed by atoms with Gasteiger partial charge in [-0.05, 0) is 74.5 Å². The van der Waals surface area contributed by atoms with Gasteiger partial charge < -0.3 is 37.4 Å². The molecule has 0 bridgehead atoms. The number of hydrogen-bond acceptors (Lipinski definition) is 7. The normalized spacial score (nSPS) is 15.9. The van der Waals surface area contributed by atoms with E-state index in [1.54, 1.807) is 4.90 Å². The topological polar surface area (TPSA) is 197 Å². The molecule has 3 rings (SSSR count). The maximum absolute atomic E-state index is 13.9. The van der Waals surface area contributed by atoms with Crippen molar-refractivity contribution >= 4 is 29.6 Å². The summed E-state index contributed by atoms with van der Waals surface area (Å²) in [7, 11) is 0. The molecule has 1 saturated heterocycles. The number of nitrogens with zero attached hydrogens (tertiary/aromatic N) is 1. The number of aliphatic carboxylic acids is 1. The molecular weight excluding hydrogens is 624 g/mol. The molecule has 0 unspecified atom stereocenters. The molecule has 1 heterocycles. The van der Waals surface area contributed by atoms with Crippen LogP contribution in [0, 0.1) is 11.8 Å². The van der Waals surface area contributed by atoms with E-state index in [0.717, 1.165) is 11.1 Å². The van der Waals surface area contributed by atoms with E-state index in [1.807, 2.05) is 74.5 Å². The standard InChI is InChI=1S/C37H54N6O6/c1-25(2)22-31(35(47)40-30(14-9-19-38)37(49)43-20-17-26(18-21-43)15-16-33(44)45)42-36(48)32(24-28-12-7-4-8-13-28)41-34(46)29(39)23-27-10-5-3-6-11-27/h3-8,10-13,25-26,29-32H,9,14-24,38-39H2,1-2H3,(H,40,47)(H,41,46)(H,42,48)(H,44,45)/t29-,30-,31-,32-/m1/s1. The van der Waals surface area contributed by atoms with Gasteiger partial charge >= 0.3 is 5.97 Å². The molecule has 0 aromatic heterocycles. The Balaban J connectivity index is 1.72. The van der Waals surface area contributed by atoms with Crippen molar-refractivity contribution in [3.05, 3.63) is 71.8 Å². The quantitative estimate of drug-likeness (QED) is 0.130. The zero-order valence-corrected chi connectivity index (χ0v) is 28.8. The third-order valence-corrected chi connectivity index (χ3v) is 8.90. The summed E-state index contributed by atoms with van der Waals surface area (Å²) in [6.45, 7) is 5.18. The monoisotopic (exact) mass is 678 g/mol. The summed E-state index contributed by atoms with van der Waals surface area (Å²) in [5.74, 6) is -2.27. The highest BCUT2D eigenvalue weighted by Gasteiger charge is 2.33. The Kier molecular flexibility index (Phi) is 16.2. The van der Waals surface area contributed by atoms with Crippen LogP contribution < -0.4 is 27.4 Å². The molecule has 4 atom stereocenters. The summed E-state index contributed by atoms with van der Waals surface area (Å²) in [5, 5.41) is 17.6. The minimum absolute atomic E-state index is 0.0283. The zero-order chi connectivity index (χ0) is 35.8. The van der Waals surface area contributed by atoms with E-state index >= 15 is 0 Å². The lowest BCUT2D eigenvalue weighted by atomic mass is 9.91. The maximum atomic E-state index is 13.9. The number of amides is 4. The lowest BCUT2D eigenvalue weighted by Crippen LogP contribution is -2.59. The van der Waals surface area contributed by atoms with E-state index in [-0.39, 0.29) is 30.6 Å². The molecule has 1 aliphatic rings. The smallest absolute Gasteiger partial charge is 0.303 e. The molecular formula is C37H54N6O6.